The Labute approximate surface area is 110 Å². The highest BCUT2D eigenvalue weighted by atomic mass is 32.1. The van der Waals surface area contributed by atoms with Crippen molar-refractivity contribution in [2.24, 2.45) is 0 Å². The molecule has 0 saturated heterocycles. The van der Waals surface area contributed by atoms with Crippen molar-refractivity contribution in [3.63, 3.8) is 0 Å². The van der Waals surface area contributed by atoms with E-state index >= 15 is 0 Å². The summed E-state index contributed by atoms with van der Waals surface area (Å²) in [6.07, 6.45) is 0. The summed E-state index contributed by atoms with van der Waals surface area (Å²) in [5.74, 6) is 0.314. The first-order chi connectivity index (χ1) is 8.56. The molecule has 0 radical (unpaired) electrons. The molecule has 0 bridgehead atoms. The molecular weight excluding hydrogens is 246 g/mol. The number of hydrogen-bond donors (Lipinski definition) is 1. The molecule has 1 aromatic carbocycles. The summed E-state index contributed by atoms with van der Waals surface area (Å²) in [5.41, 5.74) is 1.85. The highest BCUT2D eigenvalue weighted by Crippen LogP contribution is 2.17. The Balaban J connectivity index is 2.09. The van der Waals surface area contributed by atoms with E-state index in [4.69, 9.17) is 0 Å². The average molecular weight is 261 g/mol. The van der Waals surface area contributed by atoms with Gasteiger partial charge in [0.2, 0.25) is 5.13 Å². The van der Waals surface area contributed by atoms with Crippen molar-refractivity contribution in [1.82, 2.24) is 10.2 Å². The number of aromatic nitrogens is 2. The molecule has 1 heterocycles. The lowest BCUT2D eigenvalue weighted by molar-refractivity contribution is 0.102. The largest absolute Gasteiger partial charge is 0.296 e. The lowest BCUT2D eigenvalue weighted by atomic mass is 10.0. The third-order valence-corrected chi connectivity index (χ3v) is 3.34. The van der Waals surface area contributed by atoms with Gasteiger partial charge in [0.1, 0.15) is 5.01 Å². The summed E-state index contributed by atoms with van der Waals surface area (Å²) in [7, 11) is 0. The van der Waals surface area contributed by atoms with Gasteiger partial charge in [0.25, 0.3) is 5.91 Å². The third-order valence-electron chi connectivity index (χ3n) is 2.59. The molecule has 2 aromatic rings. The van der Waals surface area contributed by atoms with Crippen LogP contribution in [0, 0.1) is 6.92 Å². The number of carbonyl (C=O) groups excluding carboxylic acids is 1. The van der Waals surface area contributed by atoms with Gasteiger partial charge in [-0.2, -0.15) is 0 Å². The van der Waals surface area contributed by atoms with Crippen LogP contribution in [0.1, 0.15) is 40.7 Å². The summed E-state index contributed by atoms with van der Waals surface area (Å²) in [6.45, 7) is 6.10. The van der Waals surface area contributed by atoms with Crippen LogP contribution in [0.5, 0.6) is 0 Å². The normalized spacial score (nSPS) is 10.7. The summed E-state index contributed by atoms with van der Waals surface area (Å²) < 4.78 is 0. The molecule has 0 fully saturated rings. The molecule has 94 valence electrons. The van der Waals surface area contributed by atoms with Gasteiger partial charge < -0.3 is 0 Å². The van der Waals surface area contributed by atoms with Gasteiger partial charge in [-0.1, -0.05) is 37.3 Å². The van der Waals surface area contributed by atoms with E-state index in [1.807, 2.05) is 31.2 Å². The number of nitrogens with one attached hydrogen (secondary N) is 1. The lowest BCUT2D eigenvalue weighted by Crippen LogP contribution is -2.11. The summed E-state index contributed by atoms with van der Waals surface area (Å²) >= 11 is 1.36. The van der Waals surface area contributed by atoms with Gasteiger partial charge in [-0.05, 0) is 30.5 Å². The minimum atomic E-state index is -0.151. The predicted octanol–water partition coefficient (Wildman–Crippen LogP) is 3.22. The smallest absolute Gasteiger partial charge is 0.257 e. The molecule has 0 aliphatic carbocycles. The van der Waals surface area contributed by atoms with E-state index in [9.17, 15) is 4.79 Å². The first kappa shape index (κ1) is 12.7. The van der Waals surface area contributed by atoms with E-state index in [0.29, 0.717) is 16.6 Å². The lowest BCUT2D eigenvalue weighted by Gasteiger charge is -2.06. The topological polar surface area (TPSA) is 54.9 Å². The van der Waals surface area contributed by atoms with Crippen LogP contribution in [0.3, 0.4) is 0 Å². The Morgan fingerprint density at radius 2 is 1.89 bits per heavy atom. The Kier molecular flexibility index (Phi) is 3.72. The number of aryl methyl sites for hydroxylation is 1. The van der Waals surface area contributed by atoms with Gasteiger partial charge in [0.05, 0.1) is 0 Å². The summed E-state index contributed by atoms with van der Waals surface area (Å²) in [4.78, 5) is 11.9. The summed E-state index contributed by atoms with van der Waals surface area (Å²) in [5, 5.41) is 11.8. The first-order valence-corrected chi connectivity index (χ1v) is 6.59. The molecule has 1 N–H and O–H groups in total. The highest BCUT2D eigenvalue weighted by molar-refractivity contribution is 7.15. The van der Waals surface area contributed by atoms with Crippen molar-refractivity contribution in [3.8, 4) is 0 Å². The monoisotopic (exact) mass is 261 g/mol. The van der Waals surface area contributed by atoms with Crippen LogP contribution in [0.2, 0.25) is 0 Å². The molecule has 4 nitrogen and oxygen atoms in total. The minimum Gasteiger partial charge on any atom is -0.296 e. The second-order valence-corrected chi connectivity index (χ2v) is 5.54. The van der Waals surface area contributed by atoms with Crippen molar-refractivity contribution in [2.75, 3.05) is 5.32 Å². The van der Waals surface area contributed by atoms with E-state index in [1.54, 1.807) is 0 Å². The maximum absolute atomic E-state index is 11.9. The van der Waals surface area contributed by atoms with E-state index in [1.165, 1.54) is 16.9 Å². The Bertz CT molecular complexity index is 546. The molecule has 18 heavy (non-hydrogen) atoms. The van der Waals surface area contributed by atoms with Gasteiger partial charge in [0.15, 0.2) is 0 Å². The zero-order valence-electron chi connectivity index (χ0n) is 10.6. The van der Waals surface area contributed by atoms with E-state index in [2.05, 4.69) is 29.4 Å². The van der Waals surface area contributed by atoms with Gasteiger partial charge in [-0.3, -0.25) is 10.1 Å². The standard InChI is InChI=1S/C13H15N3OS/c1-8(2)10-4-6-11(7-5-10)12(17)14-13-16-15-9(3)18-13/h4-8H,1-3H3,(H,14,16,17). The second kappa shape index (κ2) is 5.27. The van der Waals surface area contributed by atoms with E-state index in [0.717, 1.165) is 5.01 Å². The van der Waals surface area contributed by atoms with Crippen LogP contribution in [0.25, 0.3) is 0 Å². The van der Waals surface area contributed by atoms with Crippen LogP contribution >= 0.6 is 11.3 Å². The molecule has 2 rings (SSSR count). The highest BCUT2D eigenvalue weighted by Gasteiger charge is 2.09. The quantitative estimate of drug-likeness (QED) is 0.923. The number of hydrogen-bond acceptors (Lipinski definition) is 4. The second-order valence-electron chi connectivity index (χ2n) is 4.36. The van der Waals surface area contributed by atoms with Crippen LogP contribution in [-0.4, -0.2) is 16.1 Å². The Morgan fingerprint density at radius 1 is 1.22 bits per heavy atom. The fourth-order valence-corrected chi connectivity index (χ4v) is 2.12. The van der Waals surface area contributed by atoms with Crippen molar-refractivity contribution >= 4 is 22.4 Å². The maximum Gasteiger partial charge on any atom is 0.257 e. The van der Waals surface area contributed by atoms with E-state index < -0.39 is 0 Å². The number of anilines is 1. The van der Waals surface area contributed by atoms with Crippen LogP contribution in [0.15, 0.2) is 24.3 Å². The first-order valence-electron chi connectivity index (χ1n) is 5.77. The van der Waals surface area contributed by atoms with Crippen molar-refractivity contribution in [3.05, 3.63) is 40.4 Å². The van der Waals surface area contributed by atoms with Gasteiger partial charge in [0, 0.05) is 5.56 Å². The molecular formula is C13H15N3OS. The number of carbonyl (C=O) groups is 1. The van der Waals surface area contributed by atoms with Gasteiger partial charge in [-0.25, -0.2) is 0 Å². The average Bonchev–Trinajstić information content (AvgIpc) is 2.75. The molecule has 5 heteroatoms. The number of benzene rings is 1. The molecule has 0 unspecified atom stereocenters. The minimum absolute atomic E-state index is 0.151. The van der Waals surface area contributed by atoms with Crippen molar-refractivity contribution in [2.45, 2.75) is 26.7 Å². The number of amides is 1. The predicted molar refractivity (Wildman–Crippen MR) is 73.1 cm³/mol. The van der Waals surface area contributed by atoms with Gasteiger partial charge >= 0.3 is 0 Å². The maximum atomic E-state index is 11.9. The Hall–Kier alpha value is -1.75. The van der Waals surface area contributed by atoms with Crippen LogP contribution < -0.4 is 5.32 Å². The van der Waals surface area contributed by atoms with Gasteiger partial charge in [-0.15, -0.1) is 10.2 Å². The molecule has 1 amide bonds. The number of nitrogens with zero attached hydrogens (tertiary/aromatic N) is 2. The fourth-order valence-electron chi connectivity index (χ4n) is 1.54. The van der Waals surface area contributed by atoms with Crippen molar-refractivity contribution < 1.29 is 4.79 Å². The zero-order chi connectivity index (χ0) is 13.1. The molecule has 0 aliphatic rings. The summed E-state index contributed by atoms with van der Waals surface area (Å²) in [6, 6.07) is 7.62. The third kappa shape index (κ3) is 2.92. The fraction of sp³-hybridized carbons (Fsp3) is 0.308. The number of rotatable bonds is 3. The molecule has 0 atom stereocenters. The molecule has 0 spiro atoms. The molecule has 0 aliphatic heterocycles. The molecule has 1 aromatic heterocycles. The zero-order valence-corrected chi connectivity index (χ0v) is 11.4. The van der Waals surface area contributed by atoms with E-state index in [-0.39, 0.29) is 5.91 Å². The Morgan fingerprint density at radius 3 is 2.39 bits per heavy atom. The van der Waals surface area contributed by atoms with Crippen LogP contribution in [0.4, 0.5) is 5.13 Å². The van der Waals surface area contributed by atoms with Crippen LogP contribution in [-0.2, 0) is 0 Å². The molecule has 0 saturated carbocycles. The van der Waals surface area contributed by atoms with Crippen molar-refractivity contribution in [1.29, 1.82) is 0 Å². The SMILES string of the molecule is Cc1nnc(NC(=O)c2ccc(C(C)C)cc2)s1.